The summed E-state index contributed by atoms with van der Waals surface area (Å²) in [5, 5.41) is 9.48. The molecule has 0 aliphatic carbocycles. The first-order valence-corrected chi connectivity index (χ1v) is 8.29. The van der Waals surface area contributed by atoms with Gasteiger partial charge in [0.05, 0.1) is 23.3 Å². The number of anilines is 1. The maximum Gasteiger partial charge on any atom is 0.242 e. The topological polar surface area (TPSA) is 104 Å². The van der Waals surface area contributed by atoms with Gasteiger partial charge in [0, 0.05) is 0 Å². The van der Waals surface area contributed by atoms with Gasteiger partial charge in [-0.3, -0.25) is 9.89 Å². The summed E-state index contributed by atoms with van der Waals surface area (Å²) in [5.74, 6) is -0.191. The molecule has 0 bridgehead atoms. The fourth-order valence-electron chi connectivity index (χ4n) is 1.88. The predicted octanol–water partition coefficient (Wildman–Crippen LogP) is 0.929. The van der Waals surface area contributed by atoms with E-state index < -0.39 is 16.1 Å². The Labute approximate surface area is 119 Å². The number of aryl methyl sites for hydroxylation is 2. The van der Waals surface area contributed by atoms with E-state index in [1.54, 1.807) is 13.8 Å². The predicted molar refractivity (Wildman–Crippen MR) is 77.9 cm³/mol. The zero-order valence-corrected chi connectivity index (χ0v) is 13.3. The number of H-pyrrole nitrogens is 1. The Kier molecular flexibility index (Phi) is 5.29. The molecule has 0 saturated heterocycles. The van der Waals surface area contributed by atoms with Gasteiger partial charge in [-0.05, 0) is 26.2 Å². The minimum Gasteiger partial charge on any atom is -0.322 e. The van der Waals surface area contributed by atoms with E-state index in [1.807, 2.05) is 13.8 Å². The fourth-order valence-corrected chi connectivity index (χ4v) is 2.60. The van der Waals surface area contributed by atoms with E-state index in [0.29, 0.717) is 17.8 Å². The van der Waals surface area contributed by atoms with Gasteiger partial charge in [0.1, 0.15) is 6.04 Å². The molecule has 3 N–H and O–H groups in total. The zero-order valence-electron chi connectivity index (χ0n) is 12.4. The molecule has 0 aromatic carbocycles. The van der Waals surface area contributed by atoms with E-state index in [9.17, 15) is 13.2 Å². The van der Waals surface area contributed by atoms with Crippen LogP contribution in [0.5, 0.6) is 0 Å². The molecule has 7 nitrogen and oxygen atoms in total. The van der Waals surface area contributed by atoms with Crippen LogP contribution < -0.4 is 10.0 Å². The summed E-state index contributed by atoms with van der Waals surface area (Å²) < 4.78 is 25.1. The molecule has 114 valence electrons. The fraction of sp³-hybridized carbons (Fsp3) is 0.667. The summed E-state index contributed by atoms with van der Waals surface area (Å²) in [6, 6.07) is -0.793. The molecule has 0 radical (unpaired) electrons. The van der Waals surface area contributed by atoms with Crippen LogP contribution in [0.2, 0.25) is 0 Å². The van der Waals surface area contributed by atoms with E-state index in [0.717, 1.165) is 11.9 Å². The normalized spacial score (nSPS) is 13.5. The molecule has 0 aliphatic heterocycles. The minimum atomic E-state index is -3.45. The van der Waals surface area contributed by atoms with Crippen molar-refractivity contribution in [2.24, 2.45) is 5.92 Å². The van der Waals surface area contributed by atoms with Crippen molar-refractivity contribution in [2.45, 2.75) is 40.2 Å². The monoisotopic (exact) mass is 302 g/mol. The lowest BCUT2D eigenvalue weighted by Gasteiger charge is -2.19. The first-order chi connectivity index (χ1) is 9.10. The molecular formula is C12H22N4O3S. The van der Waals surface area contributed by atoms with Crippen molar-refractivity contribution in [3.05, 3.63) is 11.4 Å². The van der Waals surface area contributed by atoms with Gasteiger partial charge in [0.15, 0.2) is 0 Å². The van der Waals surface area contributed by atoms with Crippen LogP contribution in [0, 0.1) is 19.8 Å². The first kappa shape index (κ1) is 16.6. The second-order valence-corrected chi connectivity index (χ2v) is 7.15. The third-order valence-electron chi connectivity index (χ3n) is 2.76. The standard InChI is InChI=1S/C12H22N4O3S/c1-7(2)6-10(16-20(5,18)19)12(17)13-11-8(3)14-15-9(11)4/h7,10,16H,6H2,1-5H3,(H,13,17)(H,14,15). The number of nitrogens with one attached hydrogen (secondary N) is 3. The van der Waals surface area contributed by atoms with E-state index in [2.05, 4.69) is 20.2 Å². The average Bonchev–Trinajstić information content (AvgIpc) is 2.57. The van der Waals surface area contributed by atoms with Crippen molar-refractivity contribution >= 4 is 21.6 Å². The Morgan fingerprint density at radius 1 is 1.35 bits per heavy atom. The van der Waals surface area contributed by atoms with Gasteiger partial charge in [0.2, 0.25) is 15.9 Å². The number of sulfonamides is 1. The molecule has 20 heavy (non-hydrogen) atoms. The maximum atomic E-state index is 12.2. The van der Waals surface area contributed by atoms with Crippen LogP contribution in [-0.4, -0.2) is 36.8 Å². The first-order valence-electron chi connectivity index (χ1n) is 6.40. The number of rotatable bonds is 6. The van der Waals surface area contributed by atoms with Crippen molar-refractivity contribution in [3.63, 3.8) is 0 Å². The highest BCUT2D eigenvalue weighted by Gasteiger charge is 2.24. The number of carbonyl (C=O) groups excluding carboxylic acids is 1. The van der Waals surface area contributed by atoms with Gasteiger partial charge in [-0.2, -0.15) is 5.10 Å². The Hall–Kier alpha value is -1.41. The quantitative estimate of drug-likeness (QED) is 0.727. The Bertz CT molecular complexity index is 558. The van der Waals surface area contributed by atoms with Gasteiger partial charge in [-0.25, -0.2) is 13.1 Å². The molecule has 8 heteroatoms. The van der Waals surface area contributed by atoms with Crippen molar-refractivity contribution < 1.29 is 13.2 Å². The molecule has 1 unspecified atom stereocenters. The van der Waals surface area contributed by atoms with Crippen LogP contribution in [0.15, 0.2) is 0 Å². The molecule has 1 heterocycles. The number of amides is 1. The summed E-state index contributed by atoms with van der Waals surface area (Å²) in [6.45, 7) is 7.41. The molecule has 1 atom stereocenters. The Morgan fingerprint density at radius 2 is 1.95 bits per heavy atom. The SMILES string of the molecule is Cc1n[nH]c(C)c1NC(=O)C(CC(C)C)NS(C)(=O)=O. The van der Waals surface area contributed by atoms with Gasteiger partial charge in [-0.1, -0.05) is 13.8 Å². The van der Waals surface area contributed by atoms with Gasteiger partial charge in [0.25, 0.3) is 0 Å². The maximum absolute atomic E-state index is 12.2. The van der Waals surface area contributed by atoms with Crippen LogP contribution in [0.1, 0.15) is 31.7 Å². The summed E-state index contributed by atoms with van der Waals surface area (Å²) in [6.07, 6.45) is 1.47. The smallest absolute Gasteiger partial charge is 0.242 e. The third kappa shape index (κ3) is 4.93. The van der Waals surface area contributed by atoms with E-state index in [-0.39, 0.29) is 11.8 Å². The van der Waals surface area contributed by atoms with Gasteiger partial charge in [-0.15, -0.1) is 0 Å². The van der Waals surface area contributed by atoms with Crippen molar-refractivity contribution in [1.82, 2.24) is 14.9 Å². The summed E-state index contributed by atoms with van der Waals surface area (Å²) in [4.78, 5) is 12.2. The average molecular weight is 302 g/mol. The minimum absolute atomic E-state index is 0.187. The molecular weight excluding hydrogens is 280 g/mol. The molecule has 0 spiro atoms. The number of hydrogen-bond acceptors (Lipinski definition) is 4. The molecule has 1 rings (SSSR count). The molecule has 0 fully saturated rings. The summed E-state index contributed by atoms with van der Waals surface area (Å²) in [7, 11) is -3.45. The van der Waals surface area contributed by atoms with E-state index in [1.165, 1.54) is 0 Å². The summed E-state index contributed by atoms with van der Waals surface area (Å²) in [5.41, 5.74) is 2.00. The van der Waals surface area contributed by atoms with Crippen LogP contribution in [-0.2, 0) is 14.8 Å². The number of carbonyl (C=O) groups is 1. The van der Waals surface area contributed by atoms with Gasteiger partial charge >= 0.3 is 0 Å². The highest BCUT2D eigenvalue weighted by Crippen LogP contribution is 2.17. The molecule has 1 aromatic heterocycles. The van der Waals surface area contributed by atoms with Crippen molar-refractivity contribution in [2.75, 3.05) is 11.6 Å². The molecule has 1 aromatic rings. The second kappa shape index (κ2) is 6.36. The number of aromatic amines is 1. The zero-order chi connectivity index (χ0) is 15.5. The van der Waals surface area contributed by atoms with Crippen LogP contribution in [0.3, 0.4) is 0 Å². The van der Waals surface area contributed by atoms with Crippen molar-refractivity contribution in [3.8, 4) is 0 Å². The lowest BCUT2D eigenvalue weighted by atomic mass is 10.0. The number of nitrogens with zero attached hydrogens (tertiary/aromatic N) is 1. The molecule has 0 aliphatic rings. The lowest BCUT2D eigenvalue weighted by Crippen LogP contribution is -2.44. The van der Waals surface area contributed by atoms with Crippen LogP contribution in [0.4, 0.5) is 5.69 Å². The lowest BCUT2D eigenvalue weighted by molar-refractivity contribution is -0.118. The number of aromatic nitrogens is 2. The molecule has 1 amide bonds. The van der Waals surface area contributed by atoms with E-state index in [4.69, 9.17) is 0 Å². The van der Waals surface area contributed by atoms with Crippen LogP contribution in [0.25, 0.3) is 0 Å². The van der Waals surface area contributed by atoms with Crippen LogP contribution >= 0.6 is 0 Å². The highest BCUT2D eigenvalue weighted by molar-refractivity contribution is 7.88. The third-order valence-corrected chi connectivity index (χ3v) is 3.47. The Balaban J connectivity index is 2.88. The van der Waals surface area contributed by atoms with Crippen molar-refractivity contribution in [1.29, 1.82) is 0 Å². The highest BCUT2D eigenvalue weighted by atomic mass is 32.2. The molecule has 0 saturated carbocycles. The van der Waals surface area contributed by atoms with E-state index >= 15 is 0 Å². The van der Waals surface area contributed by atoms with Gasteiger partial charge < -0.3 is 5.32 Å². The summed E-state index contributed by atoms with van der Waals surface area (Å²) >= 11 is 0. The Morgan fingerprint density at radius 3 is 2.35 bits per heavy atom. The second-order valence-electron chi connectivity index (χ2n) is 5.37. The number of hydrogen-bond donors (Lipinski definition) is 3. The largest absolute Gasteiger partial charge is 0.322 e.